The van der Waals surface area contributed by atoms with Crippen LogP contribution in [0.25, 0.3) is 0 Å². The molecule has 0 bridgehead atoms. The average molecular weight is 278 g/mol. The molecule has 1 N–H and O–H groups in total. The number of carbonyl (C=O) groups excluding carboxylic acids is 2. The minimum atomic E-state index is -0.380. The van der Waals surface area contributed by atoms with Crippen LogP contribution in [-0.2, 0) is 16.1 Å². The zero-order valence-electron chi connectivity index (χ0n) is 12.1. The molecule has 1 aromatic heterocycles. The van der Waals surface area contributed by atoms with Crippen LogP contribution >= 0.6 is 0 Å². The Bertz CT molecular complexity index is 458. The summed E-state index contributed by atoms with van der Waals surface area (Å²) in [5.41, 5.74) is 0. The summed E-state index contributed by atoms with van der Waals surface area (Å²) in [6, 6.07) is 1.41. The van der Waals surface area contributed by atoms with Crippen LogP contribution in [0.15, 0.2) is 18.5 Å². The van der Waals surface area contributed by atoms with E-state index in [1.54, 1.807) is 15.8 Å². The summed E-state index contributed by atoms with van der Waals surface area (Å²) in [6.07, 6.45) is 5.53. The standard InChI is InChI=1S/C14H22N4O2/c1-3-5-12-14(20)18(11(2)10-13(19)16-12)9-8-17-7-4-6-15-17/h4,6-7,11-12H,3,5,8-10H2,1-2H3,(H,16,19). The van der Waals surface area contributed by atoms with Gasteiger partial charge in [-0.3, -0.25) is 14.3 Å². The highest BCUT2D eigenvalue weighted by Crippen LogP contribution is 2.14. The first-order valence-corrected chi connectivity index (χ1v) is 7.19. The molecule has 2 heterocycles. The molecule has 1 fully saturated rings. The summed E-state index contributed by atoms with van der Waals surface area (Å²) in [5, 5.41) is 6.97. The van der Waals surface area contributed by atoms with Gasteiger partial charge in [0.1, 0.15) is 6.04 Å². The molecule has 0 aromatic carbocycles. The maximum absolute atomic E-state index is 12.5. The van der Waals surface area contributed by atoms with Gasteiger partial charge < -0.3 is 10.2 Å². The Labute approximate surface area is 119 Å². The van der Waals surface area contributed by atoms with Gasteiger partial charge in [0.05, 0.1) is 6.54 Å². The third-order valence-electron chi connectivity index (χ3n) is 3.64. The molecular weight excluding hydrogens is 256 g/mol. The first-order chi connectivity index (χ1) is 9.61. The van der Waals surface area contributed by atoms with Gasteiger partial charge in [-0.1, -0.05) is 13.3 Å². The molecule has 110 valence electrons. The van der Waals surface area contributed by atoms with Crippen molar-refractivity contribution in [3.05, 3.63) is 18.5 Å². The normalized spacial score (nSPS) is 23.6. The topological polar surface area (TPSA) is 67.2 Å². The number of amides is 2. The largest absolute Gasteiger partial charge is 0.344 e. The minimum Gasteiger partial charge on any atom is -0.344 e. The molecule has 2 atom stereocenters. The molecule has 1 aliphatic rings. The van der Waals surface area contributed by atoms with Gasteiger partial charge in [-0.15, -0.1) is 0 Å². The molecule has 0 spiro atoms. The molecule has 0 saturated carbocycles. The Hall–Kier alpha value is -1.85. The van der Waals surface area contributed by atoms with Gasteiger partial charge in [-0.2, -0.15) is 5.10 Å². The number of hydrogen-bond acceptors (Lipinski definition) is 3. The van der Waals surface area contributed by atoms with E-state index in [0.717, 1.165) is 6.42 Å². The van der Waals surface area contributed by atoms with Crippen LogP contribution in [0, 0.1) is 0 Å². The van der Waals surface area contributed by atoms with E-state index in [2.05, 4.69) is 10.4 Å². The number of nitrogens with one attached hydrogen (secondary N) is 1. The molecule has 6 nitrogen and oxygen atoms in total. The third kappa shape index (κ3) is 3.37. The first-order valence-electron chi connectivity index (χ1n) is 7.19. The number of carbonyl (C=O) groups is 2. The van der Waals surface area contributed by atoms with Crippen molar-refractivity contribution < 1.29 is 9.59 Å². The van der Waals surface area contributed by atoms with E-state index in [0.29, 0.717) is 25.9 Å². The lowest BCUT2D eigenvalue weighted by Crippen LogP contribution is -2.47. The molecule has 2 unspecified atom stereocenters. The predicted molar refractivity (Wildman–Crippen MR) is 74.9 cm³/mol. The van der Waals surface area contributed by atoms with Gasteiger partial charge in [0.15, 0.2) is 0 Å². The van der Waals surface area contributed by atoms with E-state index in [4.69, 9.17) is 0 Å². The van der Waals surface area contributed by atoms with Gasteiger partial charge >= 0.3 is 0 Å². The van der Waals surface area contributed by atoms with Crippen molar-refractivity contribution in [2.75, 3.05) is 6.54 Å². The van der Waals surface area contributed by atoms with E-state index >= 15 is 0 Å². The molecular formula is C14H22N4O2. The predicted octanol–water partition coefficient (Wildman–Crippen LogP) is 0.789. The summed E-state index contributed by atoms with van der Waals surface area (Å²) in [6.45, 7) is 5.17. The average Bonchev–Trinajstić information content (AvgIpc) is 2.88. The fraction of sp³-hybridized carbons (Fsp3) is 0.643. The van der Waals surface area contributed by atoms with Crippen molar-refractivity contribution in [3.63, 3.8) is 0 Å². The quantitative estimate of drug-likeness (QED) is 0.866. The van der Waals surface area contributed by atoms with Gasteiger partial charge in [0, 0.05) is 31.4 Å². The number of hydrogen-bond donors (Lipinski definition) is 1. The van der Waals surface area contributed by atoms with Crippen LogP contribution in [0.4, 0.5) is 0 Å². The molecule has 0 aliphatic carbocycles. The highest BCUT2D eigenvalue weighted by molar-refractivity contribution is 5.90. The van der Waals surface area contributed by atoms with Crippen LogP contribution in [0.1, 0.15) is 33.1 Å². The summed E-state index contributed by atoms with van der Waals surface area (Å²) in [5.74, 6) is -0.0109. The molecule has 20 heavy (non-hydrogen) atoms. The Morgan fingerprint density at radius 1 is 1.40 bits per heavy atom. The first kappa shape index (κ1) is 14.6. The fourth-order valence-corrected chi connectivity index (χ4v) is 2.57. The van der Waals surface area contributed by atoms with Gasteiger partial charge in [-0.05, 0) is 19.4 Å². The van der Waals surface area contributed by atoms with E-state index in [-0.39, 0.29) is 23.9 Å². The smallest absolute Gasteiger partial charge is 0.245 e. The van der Waals surface area contributed by atoms with Crippen LogP contribution < -0.4 is 5.32 Å². The zero-order valence-corrected chi connectivity index (χ0v) is 12.1. The SMILES string of the molecule is CCCC1NC(=O)CC(C)N(CCn2cccn2)C1=O. The molecule has 2 rings (SSSR count). The van der Waals surface area contributed by atoms with Crippen molar-refractivity contribution in [2.45, 2.75) is 51.7 Å². The number of rotatable bonds is 5. The summed E-state index contributed by atoms with van der Waals surface area (Å²) >= 11 is 0. The molecule has 2 amide bonds. The zero-order chi connectivity index (χ0) is 14.5. The molecule has 1 aromatic rings. The highest BCUT2D eigenvalue weighted by Gasteiger charge is 2.32. The van der Waals surface area contributed by atoms with Crippen molar-refractivity contribution in [1.82, 2.24) is 20.0 Å². The fourth-order valence-electron chi connectivity index (χ4n) is 2.57. The second-order valence-corrected chi connectivity index (χ2v) is 5.26. The van der Waals surface area contributed by atoms with E-state index in [1.807, 2.05) is 26.1 Å². The van der Waals surface area contributed by atoms with Gasteiger partial charge in [0.25, 0.3) is 0 Å². The molecule has 6 heteroatoms. The lowest BCUT2D eigenvalue weighted by Gasteiger charge is -2.28. The van der Waals surface area contributed by atoms with Crippen LogP contribution in [-0.4, -0.2) is 45.1 Å². The summed E-state index contributed by atoms with van der Waals surface area (Å²) in [4.78, 5) is 26.1. The number of aromatic nitrogens is 2. The summed E-state index contributed by atoms with van der Waals surface area (Å²) in [7, 11) is 0. The Morgan fingerprint density at radius 2 is 2.20 bits per heavy atom. The van der Waals surface area contributed by atoms with Crippen LogP contribution in [0.5, 0.6) is 0 Å². The van der Waals surface area contributed by atoms with Gasteiger partial charge in [-0.25, -0.2) is 0 Å². The van der Waals surface area contributed by atoms with Crippen molar-refractivity contribution in [3.8, 4) is 0 Å². The van der Waals surface area contributed by atoms with E-state index in [1.165, 1.54) is 0 Å². The summed E-state index contributed by atoms with van der Waals surface area (Å²) < 4.78 is 1.80. The number of nitrogens with zero attached hydrogens (tertiary/aromatic N) is 3. The molecule has 1 aliphatic heterocycles. The second kappa shape index (κ2) is 6.54. The van der Waals surface area contributed by atoms with Crippen LogP contribution in [0.2, 0.25) is 0 Å². The van der Waals surface area contributed by atoms with E-state index in [9.17, 15) is 9.59 Å². The highest BCUT2D eigenvalue weighted by atomic mass is 16.2. The minimum absolute atomic E-state index is 0.0253. The van der Waals surface area contributed by atoms with Crippen molar-refractivity contribution in [2.24, 2.45) is 0 Å². The Morgan fingerprint density at radius 3 is 2.85 bits per heavy atom. The van der Waals surface area contributed by atoms with Crippen molar-refractivity contribution in [1.29, 1.82) is 0 Å². The third-order valence-corrected chi connectivity index (χ3v) is 3.64. The lowest BCUT2D eigenvalue weighted by molar-refractivity contribution is -0.135. The van der Waals surface area contributed by atoms with Gasteiger partial charge in [0.2, 0.25) is 11.8 Å². The Balaban J connectivity index is 2.06. The Kier molecular flexibility index (Phi) is 4.76. The van der Waals surface area contributed by atoms with Crippen molar-refractivity contribution >= 4 is 11.8 Å². The monoisotopic (exact) mass is 278 g/mol. The van der Waals surface area contributed by atoms with E-state index < -0.39 is 0 Å². The maximum atomic E-state index is 12.5. The lowest BCUT2D eigenvalue weighted by atomic mass is 10.1. The molecule has 0 radical (unpaired) electrons. The van der Waals surface area contributed by atoms with Crippen LogP contribution in [0.3, 0.4) is 0 Å². The molecule has 1 saturated heterocycles. The second-order valence-electron chi connectivity index (χ2n) is 5.26. The maximum Gasteiger partial charge on any atom is 0.245 e.